The molecule has 0 aromatic heterocycles. The van der Waals surface area contributed by atoms with E-state index in [1.54, 1.807) is 0 Å². The molecule has 27 heteroatoms. The average Bonchev–Trinajstić information content (AvgIpc) is 3.16. The molecule has 60 heavy (non-hydrogen) atoms. The predicted molar refractivity (Wildman–Crippen MR) is 184 cm³/mol. The summed E-state index contributed by atoms with van der Waals surface area (Å²) in [4.78, 5) is 74.3. The number of carbonyl (C=O) groups excluding carboxylic acids is 4. The van der Waals surface area contributed by atoms with E-state index in [2.05, 4.69) is 16.0 Å². The summed E-state index contributed by atoms with van der Waals surface area (Å²) < 4.78 is 33.2. The zero-order chi connectivity index (χ0) is 45.2. The number of hydrogen-bond acceptors (Lipinski definition) is 22. The van der Waals surface area contributed by atoms with E-state index < -0.39 is 183 Å². The zero-order valence-electron chi connectivity index (χ0n) is 32.2. The van der Waals surface area contributed by atoms with Gasteiger partial charge in [-0.1, -0.05) is 0 Å². The van der Waals surface area contributed by atoms with Crippen molar-refractivity contribution in [2.24, 2.45) is 0 Å². The molecule has 18 atom stereocenters. The van der Waals surface area contributed by atoms with Crippen LogP contribution in [0.4, 0.5) is 0 Å². The fourth-order valence-electron chi connectivity index (χ4n) is 7.57. The van der Waals surface area contributed by atoms with E-state index in [-0.39, 0.29) is 0 Å². The molecule has 0 saturated carbocycles. The van der Waals surface area contributed by atoms with Crippen molar-refractivity contribution >= 4 is 35.6 Å². The van der Waals surface area contributed by atoms with E-state index in [0.717, 1.165) is 20.8 Å². The van der Waals surface area contributed by atoms with Gasteiger partial charge in [-0.3, -0.25) is 14.4 Å². The number of rotatable bonds is 15. The van der Waals surface area contributed by atoms with Crippen LogP contribution >= 0.6 is 0 Å². The molecule has 3 amide bonds. The third kappa shape index (κ3) is 10.1. The molecule has 0 aromatic carbocycles. The topological polar surface area (TPSA) is 437 Å². The number of amides is 3. The minimum atomic E-state index is -3.24. The Kier molecular flexibility index (Phi) is 15.6. The summed E-state index contributed by atoms with van der Waals surface area (Å²) in [6.07, 6.45) is -28.1. The maximum Gasteiger partial charge on any atom is 0.367 e. The molecule has 0 unspecified atom stereocenters. The lowest BCUT2D eigenvalue weighted by atomic mass is 9.86. The molecule has 4 aliphatic rings. The molecule has 4 fully saturated rings. The monoisotopic (exact) mass is 873 g/mol. The van der Waals surface area contributed by atoms with Crippen molar-refractivity contribution in [2.45, 2.75) is 149 Å². The molecule has 4 rings (SSSR count). The number of hydrogen-bond donors (Lipinski definition) is 15. The number of carboxylic acids is 2. The van der Waals surface area contributed by atoms with Gasteiger partial charge in [-0.15, -0.1) is 0 Å². The van der Waals surface area contributed by atoms with Gasteiger partial charge < -0.3 is 106 Å². The van der Waals surface area contributed by atoms with Gasteiger partial charge in [-0.25, -0.2) is 14.4 Å². The fourth-order valence-corrected chi connectivity index (χ4v) is 7.57. The first-order chi connectivity index (χ1) is 27.8. The van der Waals surface area contributed by atoms with Crippen molar-refractivity contribution in [3.05, 3.63) is 0 Å². The molecule has 1 spiro atoms. The van der Waals surface area contributed by atoms with Crippen LogP contribution in [0, 0.1) is 0 Å². The molecule has 4 aliphatic heterocycles. The lowest BCUT2D eigenvalue weighted by molar-refractivity contribution is -0.366. The van der Waals surface area contributed by atoms with E-state index in [4.69, 9.17) is 28.4 Å². The molecule has 0 bridgehead atoms. The normalized spacial score (nSPS) is 39.6. The third-order valence-electron chi connectivity index (χ3n) is 10.4. The smallest absolute Gasteiger partial charge is 0.367 e. The lowest BCUT2D eigenvalue weighted by Crippen LogP contribution is -2.72. The molecular weight excluding hydrogens is 822 g/mol. The van der Waals surface area contributed by atoms with E-state index in [1.807, 2.05) is 0 Å². The first-order valence-corrected chi connectivity index (χ1v) is 18.4. The van der Waals surface area contributed by atoms with E-state index in [9.17, 15) is 90.0 Å². The van der Waals surface area contributed by atoms with Gasteiger partial charge >= 0.3 is 17.9 Å². The summed E-state index contributed by atoms with van der Waals surface area (Å²) in [5.74, 6) is -17.2. The lowest BCUT2D eigenvalue weighted by Gasteiger charge is -2.52. The van der Waals surface area contributed by atoms with Gasteiger partial charge in [0, 0.05) is 40.0 Å². The molecular formula is C33H51N3O24. The van der Waals surface area contributed by atoms with Crippen LogP contribution in [-0.2, 0) is 57.2 Å². The number of carboxylic acid groups (broad SMARTS) is 2. The Balaban J connectivity index is 1.70. The van der Waals surface area contributed by atoms with Gasteiger partial charge in [0.1, 0.15) is 61.5 Å². The summed E-state index contributed by atoms with van der Waals surface area (Å²) in [5.41, 5.74) is 0. The molecule has 0 radical (unpaired) electrons. The number of aliphatic hydroxyl groups excluding tert-OH is 9. The molecule has 27 nitrogen and oxygen atoms in total. The van der Waals surface area contributed by atoms with E-state index in [1.165, 1.54) is 0 Å². The highest BCUT2D eigenvalue weighted by Crippen LogP contribution is 2.41. The molecule has 4 saturated heterocycles. The van der Waals surface area contributed by atoms with Crippen molar-refractivity contribution < 1.29 is 118 Å². The molecule has 15 N–H and O–H groups in total. The Morgan fingerprint density at radius 3 is 1.68 bits per heavy atom. The maximum absolute atomic E-state index is 13.3. The number of aliphatic carboxylic acids is 2. The highest BCUT2D eigenvalue weighted by Gasteiger charge is 2.63. The average molecular weight is 874 g/mol. The summed E-state index contributed by atoms with van der Waals surface area (Å²) in [5, 5.41) is 134. The Morgan fingerprint density at radius 1 is 0.700 bits per heavy atom. The van der Waals surface area contributed by atoms with E-state index >= 15 is 0 Å². The molecule has 342 valence electrons. The van der Waals surface area contributed by atoms with Crippen LogP contribution in [0.2, 0.25) is 0 Å². The van der Waals surface area contributed by atoms with Crippen molar-refractivity contribution in [2.75, 3.05) is 19.8 Å². The first-order valence-electron chi connectivity index (χ1n) is 18.4. The van der Waals surface area contributed by atoms with Crippen LogP contribution in [0.1, 0.15) is 40.0 Å². The number of esters is 1. The van der Waals surface area contributed by atoms with Gasteiger partial charge in [0.15, 0.2) is 0 Å². The Labute approximate surface area is 338 Å². The third-order valence-corrected chi connectivity index (χ3v) is 10.4. The number of cyclic esters (lactones) is 1. The SMILES string of the molecule is CC(=O)N[C@H]1[C@H]([C@H](O)[C@H](O)CO)O[C@@]2(C[C@@H]1O)O[C@@H]([C@@H](O)[C@@H]1O[C@@](O[C@H](CO)[C@@H](O)[C@@H]3O[C@](O)(C(=O)O)C[C@H](O)[C@H]3NC(C)=O)(C(=O)O)C[C@H](O)[C@H]1NC(C)=O)COC2=O. The highest BCUT2D eigenvalue weighted by molar-refractivity contribution is 5.79. The van der Waals surface area contributed by atoms with Crippen molar-refractivity contribution in [1.82, 2.24) is 16.0 Å². The number of carbonyl (C=O) groups is 6. The van der Waals surface area contributed by atoms with Crippen LogP contribution in [0.15, 0.2) is 0 Å². The Hall–Kier alpha value is -3.78. The Morgan fingerprint density at radius 2 is 1.20 bits per heavy atom. The second-order valence-electron chi connectivity index (χ2n) is 15.0. The maximum atomic E-state index is 13.3. The minimum Gasteiger partial charge on any atom is -0.477 e. The van der Waals surface area contributed by atoms with Gasteiger partial charge in [0.2, 0.25) is 17.7 Å². The largest absolute Gasteiger partial charge is 0.477 e. The van der Waals surface area contributed by atoms with Gasteiger partial charge in [0.25, 0.3) is 17.4 Å². The van der Waals surface area contributed by atoms with Crippen LogP contribution in [0.3, 0.4) is 0 Å². The van der Waals surface area contributed by atoms with Gasteiger partial charge in [0.05, 0.1) is 49.7 Å². The van der Waals surface area contributed by atoms with Gasteiger partial charge in [-0.2, -0.15) is 0 Å². The van der Waals surface area contributed by atoms with Crippen molar-refractivity contribution in [3.63, 3.8) is 0 Å². The van der Waals surface area contributed by atoms with Crippen LogP contribution in [0.5, 0.6) is 0 Å². The number of nitrogens with one attached hydrogen (secondary N) is 3. The molecule has 0 aromatic rings. The second kappa shape index (κ2) is 19.1. The zero-order valence-corrected chi connectivity index (χ0v) is 32.2. The van der Waals surface area contributed by atoms with Crippen LogP contribution < -0.4 is 16.0 Å². The molecule has 4 heterocycles. The van der Waals surface area contributed by atoms with Crippen molar-refractivity contribution in [1.29, 1.82) is 0 Å². The van der Waals surface area contributed by atoms with E-state index in [0.29, 0.717) is 0 Å². The number of ether oxygens (including phenoxy) is 6. The Bertz CT molecular complexity index is 1610. The fraction of sp³-hybridized carbons (Fsp3) is 0.818. The summed E-state index contributed by atoms with van der Waals surface area (Å²) in [6, 6.07) is -5.01. The van der Waals surface area contributed by atoms with Crippen molar-refractivity contribution in [3.8, 4) is 0 Å². The minimum absolute atomic E-state index is 0.759. The van der Waals surface area contributed by atoms with Gasteiger partial charge in [-0.05, 0) is 0 Å². The standard InChI is InChI=1S/C33H51N3O24/c1-10(39)34-19-13(42)4-31(54,28(49)50)58-26(19)23(47)17(8-38)56-32(29(51)52)5-14(43)21(36-12(3)41)27(59-32)24(48)18-9-55-30(53)33(57-18)6-15(44)20(35-11(2)40)25(60-33)22(46)16(45)7-37/h13-27,37-38,42-48,54H,4-9H2,1-3H3,(H,34,39)(H,35,40)(H,36,41)(H,49,50)(H,51,52)/t13-,14-,15-,16+,17+,18+,19+,20+,21+,22+,23+,24+,25+,26+,27+,31-,32+,33+/m0/s1. The second-order valence-corrected chi connectivity index (χ2v) is 15.0. The quantitative estimate of drug-likeness (QED) is 0.0679. The highest BCUT2D eigenvalue weighted by atomic mass is 16.8. The van der Waals surface area contributed by atoms with Crippen LogP contribution in [0.25, 0.3) is 0 Å². The summed E-state index contributed by atoms with van der Waals surface area (Å²) in [6.45, 7) is -0.363. The number of aliphatic hydroxyl groups is 10. The summed E-state index contributed by atoms with van der Waals surface area (Å²) >= 11 is 0. The summed E-state index contributed by atoms with van der Waals surface area (Å²) in [7, 11) is 0. The molecule has 0 aliphatic carbocycles. The predicted octanol–water partition coefficient (Wildman–Crippen LogP) is -9.04. The first kappa shape index (κ1) is 48.9. The van der Waals surface area contributed by atoms with Crippen LogP contribution in [-0.4, -0.2) is 225 Å².